The van der Waals surface area contributed by atoms with Gasteiger partial charge in [-0.1, -0.05) is 0 Å². The second kappa shape index (κ2) is 7.22. The van der Waals surface area contributed by atoms with Gasteiger partial charge >= 0.3 is 0 Å². The summed E-state index contributed by atoms with van der Waals surface area (Å²) in [7, 11) is 0. The average Bonchev–Trinajstić information content (AvgIpc) is 1.89. The van der Waals surface area contributed by atoms with Gasteiger partial charge in [-0.3, -0.25) is 0 Å². The quantitative estimate of drug-likeness (QED) is 0.708. The summed E-state index contributed by atoms with van der Waals surface area (Å²) in [5.41, 5.74) is 0.236. The standard InChI is InChI=1S/C7H15ClN2.2ClH/c1-7(2-3-8)6-9-4-5-10-7;;/h9-10H,2-6H2,1H3;2*1H. The highest BCUT2D eigenvalue weighted by Gasteiger charge is 2.24. The van der Waals surface area contributed by atoms with Crippen LogP contribution in [0.2, 0.25) is 0 Å². The maximum atomic E-state index is 5.66. The Balaban J connectivity index is 0. The van der Waals surface area contributed by atoms with Crippen LogP contribution in [0.15, 0.2) is 0 Å². The Labute approximate surface area is 91.6 Å². The molecule has 1 atom stereocenters. The van der Waals surface area contributed by atoms with Crippen LogP contribution in [-0.4, -0.2) is 31.1 Å². The maximum absolute atomic E-state index is 5.66. The summed E-state index contributed by atoms with van der Waals surface area (Å²) in [5.74, 6) is 0.741. The van der Waals surface area contributed by atoms with Crippen LogP contribution in [-0.2, 0) is 0 Å². The Bertz CT molecular complexity index is 99.3. The highest BCUT2D eigenvalue weighted by atomic mass is 35.5. The molecule has 12 heavy (non-hydrogen) atoms. The van der Waals surface area contributed by atoms with Crippen molar-refractivity contribution in [1.82, 2.24) is 10.6 Å². The molecule has 2 nitrogen and oxygen atoms in total. The van der Waals surface area contributed by atoms with Gasteiger partial charge in [0.2, 0.25) is 0 Å². The minimum Gasteiger partial charge on any atom is -0.314 e. The van der Waals surface area contributed by atoms with E-state index in [1.807, 2.05) is 0 Å². The zero-order chi connectivity index (χ0) is 7.45. The van der Waals surface area contributed by atoms with Crippen LogP contribution in [0.1, 0.15) is 13.3 Å². The third-order valence-corrected chi connectivity index (χ3v) is 2.20. The smallest absolute Gasteiger partial charge is 0.0289 e. The first-order valence-electron chi connectivity index (χ1n) is 3.79. The number of hydrogen-bond acceptors (Lipinski definition) is 2. The first-order chi connectivity index (χ1) is 4.77. The number of piperazine rings is 1. The van der Waals surface area contributed by atoms with E-state index in [1.165, 1.54) is 0 Å². The molecule has 0 amide bonds. The molecule has 0 bridgehead atoms. The van der Waals surface area contributed by atoms with E-state index in [0.717, 1.165) is 31.9 Å². The minimum atomic E-state index is 0. The minimum absolute atomic E-state index is 0. The van der Waals surface area contributed by atoms with Gasteiger partial charge in [0.25, 0.3) is 0 Å². The molecule has 0 aromatic heterocycles. The van der Waals surface area contributed by atoms with Crippen molar-refractivity contribution in [3.05, 3.63) is 0 Å². The molecule has 1 aliphatic rings. The van der Waals surface area contributed by atoms with E-state index < -0.39 is 0 Å². The summed E-state index contributed by atoms with van der Waals surface area (Å²) in [6.45, 7) is 5.40. The Morgan fingerprint density at radius 1 is 1.33 bits per heavy atom. The summed E-state index contributed by atoms with van der Waals surface area (Å²) < 4.78 is 0. The van der Waals surface area contributed by atoms with Gasteiger partial charge in [0.05, 0.1) is 0 Å². The van der Waals surface area contributed by atoms with E-state index in [9.17, 15) is 0 Å². The highest BCUT2D eigenvalue weighted by Crippen LogP contribution is 2.10. The fraction of sp³-hybridized carbons (Fsp3) is 1.00. The van der Waals surface area contributed by atoms with E-state index in [0.29, 0.717) is 0 Å². The zero-order valence-corrected chi connectivity index (χ0v) is 9.62. The van der Waals surface area contributed by atoms with E-state index in [1.54, 1.807) is 0 Å². The summed E-state index contributed by atoms with van der Waals surface area (Å²) in [6, 6.07) is 0. The Hall–Kier alpha value is 0.790. The van der Waals surface area contributed by atoms with Crippen LogP contribution in [0.3, 0.4) is 0 Å². The van der Waals surface area contributed by atoms with Crippen LogP contribution in [0.25, 0.3) is 0 Å². The van der Waals surface area contributed by atoms with E-state index >= 15 is 0 Å². The predicted octanol–water partition coefficient (Wildman–Crippen LogP) is 1.41. The van der Waals surface area contributed by atoms with Gasteiger partial charge in [0.1, 0.15) is 0 Å². The van der Waals surface area contributed by atoms with Gasteiger partial charge in [-0.15, -0.1) is 36.4 Å². The maximum Gasteiger partial charge on any atom is 0.0289 e. The SMILES string of the molecule is CC1(CCCl)CNCCN1.Cl.Cl. The molecule has 1 fully saturated rings. The van der Waals surface area contributed by atoms with Gasteiger partial charge in [-0.25, -0.2) is 0 Å². The molecule has 1 aliphatic heterocycles. The van der Waals surface area contributed by atoms with Crippen LogP contribution < -0.4 is 10.6 Å². The Kier molecular flexibility index (Phi) is 9.19. The number of halogens is 3. The predicted molar refractivity (Wildman–Crippen MR) is 59.1 cm³/mol. The molecule has 1 unspecified atom stereocenters. The molecule has 0 aromatic rings. The summed E-state index contributed by atoms with van der Waals surface area (Å²) >= 11 is 5.66. The number of rotatable bonds is 2. The normalized spacial score (nSPS) is 28.5. The molecule has 0 spiro atoms. The zero-order valence-electron chi connectivity index (χ0n) is 7.23. The molecule has 0 aliphatic carbocycles. The second-order valence-electron chi connectivity index (χ2n) is 3.10. The van der Waals surface area contributed by atoms with Gasteiger partial charge in [-0.05, 0) is 13.3 Å². The fourth-order valence-electron chi connectivity index (χ4n) is 1.26. The van der Waals surface area contributed by atoms with Crippen LogP contribution in [0.5, 0.6) is 0 Å². The summed E-state index contributed by atoms with van der Waals surface area (Å²) in [6.07, 6.45) is 1.04. The average molecular weight is 236 g/mol. The Morgan fingerprint density at radius 2 is 2.00 bits per heavy atom. The van der Waals surface area contributed by atoms with Crippen molar-refractivity contribution in [3.8, 4) is 0 Å². The monoisotopic (exact) mass is 234 g/mol. The molecule has 0 aromatic carbocycles. The van der Waals surface area contributed by atoms with E-state index in [4.69, 9.17) is 11.6 Å². The molecule has 76 valence electrons. The highest BCUT2D eigenvalue weighted by molar-refractivity contribution is 6.17. The number of nitrogens with one attached hydrogen (secondary N) is 2. The van der Waals surface area contributed by atoms with Crippen LogP contribution >= 0.6 is 36.4 Å². The summed E-state index contributed by atoms with van der Waals surface area (Å²) in [5, 5.41) is 6.79. The topological polar surface area (TPSA) is 24.1 Å². The molecule has 2 N–H and O–H groups in total. The van der Waals surface area contributed by atoms with Gasteiger partial charge in [-0.2, -0.15) is 0 Å². The van der Waals surface area contributed by atoms with Crippen molar-refractivity contribution in [2.75, 3.05) is 25.5 Å². The summed E-state index contributed by atoms with van der Waals surface area (Å²) in [4.78, 5) is 0. The van der Waals surface area contributed by atoms with Crippen LogP contribution in [0.4, 0.5) is 0 Å². The van der Waals surface area contributed by atoms with Gasteiger partial charge in [0, 0.05) is 31.1 Å². The number of alkyl halides is 1. The van der Waals surface area contributed by atoms with Crippen molar-refractivity contribution < 1.29 is 0 Å². The Morgan fingerprint density at radius 3 is 2.42 bits per heavy atom. The molecule has 0 saturated carbocycles. The van der Waals surface area contributed by atoms with Gasteiger partial charge < -0.3 is 10.6 Å². The van der Waals surface area contributed by atoms with Crippen molar-refractivity contribution in [2.24, 2.45) is 0 Å². The molecule has 0 radical (unpaired) electrons. The van der Waals surface area contributed by atoms with Crippen molar-refractivity contribution >= 4 is 36.4 Å². The molecule has 1 saturated heterocycles. The van der Waals surface area contributed by atoms with Crippen LogP contribution in [0, 0.1) is 0 Å². The first-order valence-corrected chi connectivity index (χ1v) is 4.32. The van der Waals surface area contributed by atoms with Crippen molar-refractivity contribution in [2.45, 2.75) is 18.9 Å². The molecule has 1 rings (SSSR count). The third-order valence-electron chi connectivity index (χ3n) is 2.01. The van der Waals surface area contributed by atoms with Gasteiger partial charge in [0.15, 0.2) is 0 Å². The molecular weight excluding hydrogens is 218 g/mol. The number of hydrogen-bond donors (Lipinski definition) is 2. The lowest BCUT2D eigenvalue weighted by atomic mass is 9.97. The lowest BCUT2D eigenvalue weighted by Gasteiger charge is -2.35. The molecule has 5 heteroatoms. The lowest BCUT2D eigenvalue weighted by molar-refractivity contribution is 0.289. The lowest BCUT2D eigenvalue weighted by Crippen LogP contribution is -2.57. The fourth-order valence-corrected chi connectivity index (χ4v) is 1.68. The van der Waals surface area contributed by atoms with E-state index in [-0.39, 0.29) is 30.4 Å². The second-order valence-corrected chi connectivity index (χ2v) is 3.48. The van der Waals surface area contributed by atoms with E-state index in [2.05, 4.69) is 17.6 Å². The third kappa shape index (κ3) is 4.73. The molecule has 1 heterocycles. The first kappa shape index (κ1) is 15.3. The molecular formula is C7H17Cl3N2. The van der Waals surface area contributed by atoms with Crippen molar-refractivity contribution in [3.63, 3.8) is 0 Å². The van der Waals surface area contributed by atoms with Crippen molar-refractivity contribution in [1.29, 1.82) is 0 Å². The largest absolute Gasteiger partial charge is 0.314 e.